The fourth-order valence-electron chi connectivity index (χ4n) is 3.10. The molecule has 142 valence electrons. The van der Waals surface area contributed by atoms with Gasteiger partial charge in [-0.2, -0.15) is 0 Å². The lowest BCUT2D eigenvalue weighted by molar-refractivity contribution is -0.143. The summed E-state index contributed by atoms with van der Waals surface area (Å²) in [5.74, 6) is -1.02. The van der Waals surface area contributed by atoms with E-state index in [1.165, 1.54) is 0 Å². The molecular weight excluding hydrogens is 389 g/mol. The van der Waals surface area contributed by atoms with Crippen LogP contribution in [-0.4, -0.2) is 29.1 Å². The van der Waals surface area contributed by atoms with Crippen molar-refractivity contribution in [3.05, 3.63) is 64.1 Å². The lowest BCUT2D eigenvalue weighted by Crippen LogP contribution is -2.44. The Hall–Kier alpha value is -2.24. The highest BCUT2D eigenvalue weighted by Gasteiger charge is 2.62. The Bertz CT molecular complexity index is 843. The maximum Gasteiger partial charge on any atom is 0.330 e. The number of amides is 1. The maximum absolute atomic E-state index is 12.2. The summed E-state index contributed by atoms with van der Waals surface area (Å²) in [4.78, 5) is 23.9. The minimum absolute atomic E-state index is 0.168. The van der Waals surface area contributed by atoms with E-state index in [2.05, 4.69) is 5.32 Å². The van der Waals surface area contributed by atoms with E-state index in [4.69, 9.17) is 27.9 Å². The van der Waals surface area contributed by atoms with Gasteiger partial charge in [0.1, 0.15) is 11.3 Å². The highest BCUT2D eigenvalue weighted by Crippen LogP contribution is 2.51. The molecule has 0 radical (unpaired) electrons. The molecule has 0 aromatic heterocycles. The van der Waals surface area contributed by atoms with Gasteiger partial charge in [-0.05, 0) is 36.6 Å². The van der Waals surface area contributed by atoms with Crippen molar-refractivity contribution in [1.82, 2.24) is 5.32 Å². The van der Waals surface area contributed by atoms with Crippen molar-refractivity contribution in [1.29, 1.82) is 0 Å². The van der Waals surface area contributed by atoms with Crippen LogP contribution in [-0.2, 0) is 9.59 Å². The number of carbonyl (C=O) groups excluding carboxylic acids is 1. The number of benzene rings is 2. The van der Waals surface area contributed by atoms with Crippen LogP contribution in [0.3, 0.4) is 0 Å². The zero-order chi connectivity index (χ0) is 19.4. The summed E-state index contributed by atoms with van der Waals surface area (Å²) in [5, 5.41) is 13.2. The zero-order valence-corrected chi connectivity index (χ0v) is 16.0. The Balaban J connectivity index is 1.49. The van der Waals surface area contributed by atoms with E-state index < -0.39 is 11.5 Å². The highest BCUT2D eigenvalue weighted by molar-refractivity contribution is 6.35. The van der Waals surface area contributed by atoms with Gasteiger partial charge in [0.2, 0.25) is 5.91 Å². The molecule has 0 heterocycles. The number of aliphatic carboxylic acids is 1. The molecule has 0 aliphatic heterocycles. The first-order chi connectivity index (χ1) is 12.9. The minimum atomic E-state index is -1.21. The van der Waals surface area contributed by atoms with Crippen LogP contribution in [0.2, 0.25) is 10.0 Å². The van der Waals surface area contributed by atoms with Crippen molar-refractivity contribution in [3.8, 4) is 5.75 Å². The van der Waals surface area contributed by atoms with Crippen molar-refractivity contribution >= 4 is 35.1 Å². The van der Waals surface area contributed by atoms with Crippen LogP contribution >= 0.6 is 23.2 Å². The summed E-state index contributed by atoms with van der Waals surface area (Å²) >= 11 is 11.8. The Morgan fingerprint density at radius 3 is 2.59 bits per heavy atom. The van der Waals surface area contributed by atoms with Crippen LogP contribution in [0, 0.1) is 0 Å². The summed E-state index contributed by atoms with van der Waals surface area (Å²) in [6.07, 6.45) is 1.01. The van der Waals surface area contributed by atoms with Crippen molar-refractivity contribution < 1.29 is 19.4 Å². The predicted octanol–water partition coefficient (Wildman–Crippen LogP) is 4.28. The number of hydrogen-bond donors (Lipinski definition) is 2. The molecule has 5 nitrogen and oxygen atoms in total. The second kappa shape index (κ2) is 8.19. The van der Waals surface area contributed by atoms with Crippen LogP contribution in [0.5, 0.6) is 5.75 Å². The normalized spacial score (nSPS) is 20.7. The molecule has 7 heteroatoms. The first-order valence-corrected chi connectivity index (χ1v) is 9.35. The smallest absolute Gasteiger partial charge is 0.330 e. The van der Waals surface area contributed by atoms with Crippen molar-refractivity contribution in [2.75, 3.05) is 6.61 Å². The van der Waals surface area contributed by atoms with E-state index in [1.807, 2.05) is 30.3 Å². The Morgan fingerprint density at radius 2 is 1.93 bits per heavy atom. The van der Waals surface area contributed by atoms with Crippen molar-refractivity contribution in [3.63, 3.8) is 0 Å². The molecule has 3 rings (SSSR count). The number of halogens is 2. The van der Waals surface area contributed by atoms with Gasteiger partial charge in [0.25, 0.3) is 0 Å². The van der Waals surface area contributed by atoms with Gasteiger partial charge in [-0.15, -0.1) is 0 Å². The lowest BCUT2D eigenvalue weighted by atomic mass is 10.1. The average molecular weight is 408 g/mol. The molecule has 0 saturated heterocycles. The van der Waals surface area contributed by atoms with E-state index in [-0.39, 0.29) is 24.9 Å². The Labute approximate surface area is 167 Å². The number of ether oxygens (including phenoxy) is 1. The zero-order valence-electron chi connectivity index (χ0n) is 14.5. The summed E-state index contributed by atoms with van der Waals surface area (Å²) in [6, 6.07) is 14.3. The standard InChI is InChI=1S/C20H19Cl2NO4/c21-14-8-9-17(16(22)11-14)27-10-4-7-18(24)23-20(19(25)26)12-15(20)13-5-2-1-3-6-13/h1-3,5-6,8-9,11,15H,4,7,10,12H2,(H,23,24)(H,25,26). The van der Waals surface area contributed by atoms with E-state index >= 15 is 0 Å². The monoisotopic (exact) mass is 407 g/mol. The van der Waals surface area contributed by atoms with Crippen LogP contribution in [0.15, 0.2) is 48.5 Å². The predicted molar refractivity (Wildman–Crippen MR) is 104 cm³/mol. The molecule has 0 bridgehead atoms. The van der Waals surface area contributed by atoms with Gasteiger partial charge in [0.05, 0.1) is 11.6 Å². The molecule has 1 fully saturated rings. The van der Waals surface area contributed by atoms with E-state index in [9.17, 15) is 14.7 Å². The van der Waals surface area contributed by atoms with Gasteiger partial charge in [-0.1, -0.05) is 53.5 Å². The molecular formula is C20H19Cl2NO4. The number of hydrogen-bond acceptors (Lipinski definition) is 3. The van der Waals surface area contributed by atoms with Crippen LogP contribution in [0.1, 0.15) is 30.7 Å². The topological polar surface area (TPSA) is 75.6 Å². The number of rotatable bonds is 8. The minimum Gasteiger partial charge on any atom is -0.492 e. The second-order valence-corrected chi connectivity index (χ2v) is 7.36. The number of carbonyl (C=O) groups is 2. The number of carboxylic acids is 1. The van der Waals surface area contributed by atoms with Gasteiger partial charge in [0.15, 0.2) is 0 Å². The molecule has 1 aliphatic carbocycles. The van der Waals surface area contributed by atoms with Crippen molar-refractivity contribution in [2.45, 2.75) is 30.7 Å². The summed E-state index contributed by atoms with van der Waals surface area (Å²) in [7, 11) is 0. The molecule has 1 saturated carbocycles. The molecule has 2 aromatic rings. The second-order valence-electron chi connectivity index (χ2n) is 6.52. The fourth-order valence-corrected chi connectivity index (χ4v) is 3.56. The third kappa shape index (κ3) is 4.54. The molecule has 1 aliphatic rings. The first kappa shape index (κ1) is 19.5. The lowest BCUT2D eigenvalue weighted by Gasteiger charge is -2.15. The van der Waals surface area contributed by atoms with Gasteiger partial charge in [-0.25, -0.2) is 4.79 Å². The van der Waals surface area contributed by atoms with Gasteiger partial charge >= 0.3 is 5.97 Å². The van der Waals surface area contributed by atoms with Crippen LogP contribution < -0.4 is 10.1 Å². The summed E-state index contributed by atoms with van der Waals surface area (Å²) < 4.78 is 5.54. The van der Waals surface area contributed by atoms with Gasteiger partial charge in [-0.3, -0.25) is 4.79 Å². The maximum atomic E-state index is 12.2. The first-order valence-electron chi connectivity index (χ1n) is 8.59. The van der Waals surface area contributed by atoms with E-state index in [0.717, 1.165) is 5.56 Å². The molecule has 27 heavy (non-hydrogen) atoms. The van der Waals surface area contributed by atoms with Crippen LogP contribution in [0.4, 0.5) is 0 Å². The van der Waals surface area contributed by atoms with Gasteiger partial charge in [0, 0.05) is 17.4 Å². The molecule has 2 aromatic carbocycles. The molecule has 2 atom stereocenters. The fraction of sp³-hybridized carbons (Fsp3) is 0.300. The summed E-state index contributed by atoms with van der Waals surface area (Å²) in [5.41, 5.74) is -0.292. The SMILES string of the molecule is O=C(CCCOc1ccc(Cl)cc1Cl)NC1(C(=O)O)CC1c1ccccc1. The largest absolute Gasteiger partial charge is 0.492 e. The average Bonchev–Trinajstić information content (AvgIpc) is 3.36. The van der Waals surface area contributed by atoms with Crippen LogP contribution in [0.25, 0.3) is 0 Å². The highest BCUT2D eigenvalue weighted by atomic mass is 35.5. The molecule has 1 amide bonds. The van der Waals surface area contributed by atoms with Crippen molar-refractivity contribution in [2.24, 2.45) is 0 Å². The summed E-state index contributed by atoms with van der Waals surface area (Å²) in [6.45, 7) is 0.289. The van der Waals surface area contributed by atoms with Gasteiger partial charge < -0.3 is 15.2 Å². The Morgan fingerprint density at radius 1 is 1.19 bits per heavy atom. The third-order valence-corrected chi connectivity index (χ3v) is 5.14. The number of nitrogens with one attached hydrogen (secondary N) is 1. The molecule has 0 spiro atoms. The molecule has 2 unspecified atom stereocenters. The number of carboxylic acid groups (broad SMARTS) is 1. The molecule has 2 N–H and O–H groups in total. The third-order valence-electron chi connectivity index (χ3n) is 4.61. The quantitative estimate of drug-likeness (QED) is 0.640. The van der Waals surface area contributed by atoms with E-state index in [1.54, 1.807) is 18.2 Å². The Kier molecular flexibility index (Phi) is 5.92. The van der Waals surface area contributed by atoms with E-state index in [0.29, 0.717) is 28.6 Å².